The first-order valence-electron chi connectivity index (χ1n) is 9.23. The number of nitrogens with one attached hydrogen (secondary N) is 2. The van der Waals surface area contributed by atoms with E-state index in [9.17, 15) is 4.79 Å². The molecule has 0 atom stereocenters. The third kappa shape index (κ3) is 5.30. The monoisotopic (exact) mass is 375 g/mol. The maximum atomic E-state index is 12.5. The van der Waals surface area contributed by atoms with Gasteiger partial charge in [-0.05, 0) is 49.2 Å². The first kappa shape index (κ1) is 19.4. The van der Waals surface area contributed by atoms with Crippen LogP contribution in [-0.2, 0) is 6.42 Å². The van der Waals surface area contributed by atoms with Crippen molar-refractivity contribution in [2.75, 3.05) is 30.9 Å². The van der Waals surface area contributed by atoms with E-state index in [0.29, 0.717) is 18.2 Å². The number of hydrogen-bond acceptors (Lipinski definition) is 5. The summed E-state index contributed by atoms with van der Waals surface area (Å²) in [6, 6.07) is 19.7. The summed E-state index contributed by atoms with van der Waals surface area (Å²) in [5, 5.41) is 6.09. The SMILES string of the molecule is Cc1cc(C(=O)NCCc2ccccc2)nc(Nc2ccc(N(C)C)cc2)n1. The van der Waals surface area contributed by atoms with Crippen LogP contribution in [0.25, 0.3) is 0 Å². The van der Waals surface area contributed by atoms with Crippen LogP contribution in [0.5, 0.6) is 0 Å². The molecule has 28 heavy (non-hydrogen) atoms. The lowest BCUT2D eigenvalue weighted by molar-refractivity contribution is 0.0949. The fourth-order valence-corrected chi connectivity index (χ4v) is 2.77. The van der Waals surface area contributed by atoms with Crippen molar-refractivity contribution in [1.82, 2.24) is 15.3 Å². The number of nitrogens with zero attached hydrogens (tertiary/aromatic N) is 3. The van der Waals surface area contributed by atoms with Gasteiger partial charge in [0.25, 0.3) is 5.91 Å². The average Bonchev–Trinajstić information content (AvgIpc) is 2.68. The van der Waals surface area contributed by atoms with Gasteiger partial charge in [0.15, 0.2) is 0 Å². The predicted octanol–water partition coefficient (Wildman–Crippen LogP) is 3.57. The first-order chi connectivity index (χ1) is 13.5. The molecule has 1 amide bonds. The molecule has 3 aromatic rings. The Morgan fingerprint density at radius 2 is 1.71 bits per heavy atom. The number of benzene rings is 2. The topological polar surface area (TPSA) is 70.2 Å². The minimum atomic E-state index is -0.201. The van der Waals surface area contributed by atoms with Gasteiger partial charge < -0.3 is 15.5 Å². The van der Waals surface area contributed by atoms with E-state index in [1.54, 1.807) is 6.07 Å². The molecule has 144 valence electrons. The number of aromatic nitrogens is 2. The van der Waals surface area contributed by atoms with Crippen LogP contribution in [0, 0.1) is 6.92 Å². The molecule has 1 aromatic heterocycles. The van der Waals surface area contributed by atoms with Crippen molar-refractivity contribution < 1.29 is 4.79 Å². The zero-order valence-electron chi connectivity index (χ0n) is 16.4. The van der Waals surface area contributed by atoms with Crippen LogP contribution < -0.4 is 15.5 Å². The molecule has 6 heteroatoms. The second kappa shape index (κ2) is 8.99. The number of aryl methyl sites for hydroxylation is 1. The van der Waals surface area contributed by atoms with E-state index in [0.717, 1.165) is 23.5 Å². The van der Waals surface area contributed by atoms with E-state index >= 15 is 0 Å². The van der Waals surface area contributed by atoms with E-state index in [4.69, 9.17) is 0 Å². The third-order valence-electron chi connectivity index (χ3n) is 4.27. The summed E-state index contributed by atoms with van der Waals surface area (Å²) in [6.07, 6.45) is 0.778. The Balaban J connectivity index is 1.64. The van der Waals surface area contributed by atoms with Crippen molar-refractivity contribution >= 4 is 23.2 Å². The molecule has 0 fully saturated rings. The molecule has 0 saturated carbocycles. The fraction of sp³-hybridized carbons (Fsp3) is 0.227. The molecule has 2 aromatic carbocycles. The Morgan fingerprint density at radius 3 is 2.39 bits per heavy atom. The minimum Gasteiger partial charge on any atom is -0.378 e. The van der Waals surface area contributed by atoms with Gasteiger partial charge in [0.05, 0.1) is 0 Å². The molecule has 3 rings (SSSR count). The summed E-state index contributed by atoms with van der Waals surface area (Å²) < 4.78 is 0. The van der Waals surface area contributed by atoms with Gasteiger partial charge >= 0.3 is 0 Å². The average molecular weight is 375 g/mol. The highest BCUT2D eigenvalue weighted by Gasteiger charge is 2.10. The fourth-order valence-electron chi connectivity index (χ4n) is 2.77. The molecule has 0 spiro atoms. The molecule has 0 radical (unpaired) electrons. The molecular formula is C22H25N5O. The van der Waals surface area contributed by atoms with Crippen LogP contribution in [0.3, 0.4) is 0 Å². The highest BCUT2D eigenvalue weighted by Crippen LogP contribution is 2.18. The molecule has 0 aliphatic carbocycles. The maximum absolute atomic E-state index is 12.5. The number of anilines is 3. The highest BCUT2D eigenvalue weighted by atomic mass is 16.1. The van der Waals surface area contributed by atoms with Gasteiger partial charge in [-0.1, -0.05) is 30.3 Å². The molecular weight excluding hydrogens is 350 g/mol. The van der Waals surface area contributed by atoms with Crippen molar-refractivity contribution in [3.8, 4) is 0 Å². The second-order valence-corrected chi connectivity index (χ2v) is 6.78. The van der Waals surface area contributed by atoms with Crippen LogP contribution in [0.15, 0.2) is 60.7 Å². The number of carbonyl (C=O) groups is 1. The van der Waals surface area contributed by atoms with Crippen molar-refractivity contribution in [3.05, 3.63) is 77.6 Å². The van der Waals surface area contributed by atoms with Crippen LogP contribution in [0.4, 0.5) is 17.3 Å². The number of carbonyl (C=O) groups excluding carboxylic acids is 1. The highest BCUT2D eigenvalue weighted by molar-refractivity contribution is 5.92. The van der Waals surface area contributed by atoms with Crippen molar-refractivity contribution in [3.63, 3.8) is 0 Å². The molecule has 2 N–H and O–H groups in total. The van der Waals surface area contributed by atoms with E-state index in [-0.39, 0.29) is 5.91 Å². The predicted molar refractivity (Wildman–Crippen MR) is 113 cm³/mol. The molecule has 1 heterocycles. The van der Waals surface area contributed by atoms with Gasteiger partial charge in [-0.15, -0.1) is 0 Å². The maximum Gasteiger partial charge on any atom is 0.270 e. The van der Waals surface area contributed by atoms with Crippen molar-refractivity contribution in [2.45, 2.75) is 13.3 Å². The van der Waals surface area contributed by atoms with Crippen LogP contribution in [-0.4, -0.2) is 36.5 Å². The second-order valence-electron chi connectivity index (χ2n) is 6.78. The Labute approximate surface area is 165 Å². The molecule has 6 nitrogen and oxygen atoms in total. The zero-order valence-corrected chi connectivity index (χ0v) is 16.4. The number of hydrogen-bond donors (Lipinski definition) is 2. The summed E-state index contributed by atoms with van der Waals surface area (Å²) >= 11 is 0. The lowest BCUT2D eigenvalue weighted by Gasteiger charge is -2.13. The van der Waals surface area contributed by atoms with E-state index < -0.39 is 0 Å². The van der Waals surface area contributed by atoms with Crippen molar-refractivity contribution in [1.29, 1.82) is 0 Å². The summed E-state index contributed by atoms with van der Waals surface area (Å²) in [7, 11) is 3.99. The number of amides is 1. The van der Waals surface area contributed by atoms with Gasteiger partial charge in [-0.2, -0.15) is 0 Å². The Hall–Kier alpha value is -3.41. The first-order valence-corrected chi connectivity index (χ1v) is 9.23. The quantitative estimate of drug-likeness (QED) is 0.661. The molecule has 0 saturated heterocycles. The summed E-state index contributed by atoms with van der Waals surface area (Å²) in [6.45, 7) is 2.41. The summed E-state index contributed by atoms with van der Waals surface area (Å²) in [5.41, 5.74) is 4.25. The lowest BCUT2D eigenvalue weighted by atomic mass is 10.1. The molecule has 0 unspecified atom stereocenters. The van der Waals surface area contributed by atoms with Crippen LogP contribution >= 0.6 is 0 Å². The lowest BCUT2D eigenvalue weighted by Crippen LogP contribution is -2.27. The Bertz CT molecular complexity index is 923. The van der Waals surface area contributed by atoms with Crippen LogP contribution in [0.2, 0.25) is 0 Å². The van der Waals surface area contributed by atoms with Gasteiger partial charge in [0, 0.05) is 37.7 Å². The van der Waals surface area contributed by atoms with Gasteiger partial charge in [0.1, 0.15) is 5.69 Å². The minimum absolute atomic E-state index is 0.201. The Morgan fingerprint density at radius 1 is 1.00 bits per heavy atom. The molecule has 0 aliphatic rings. The van der Waals surface area contributed by atoms with E-state index in [2.05, 4.69) is 20.6 Å². The van der Waals surface area contributed by atoms with Crippen molar-refractivity contribution in [2.24, 2.45) is 0 Å². The Kier molecular flexibility index (Phi) is 6.22. The van der Waals surface area contributed by atoms with Crippen LogP contribution in [0.1, 0.15) is 21.7 Å². The standard InChI is InChI=1S/C22H25N5O/c1-16-15-20(21(28)23-14-13-17-7-5-4-6-8-17)26-22(24-16)25-18-9-11-19(12-10-18)27(2)3/h4-12,15H,13-14H2,1-3H3,(H,23,28)(H,24,25,26). The smallest absolute Gasteiger partial charge is 0.270 e. The molecule has 0 bridgehead atoms. The zero-order chi connectivity index (χ0) is 19.9. The third-order valence-corrected chi connectivity index (χ3v) is 4.27. The van der Waals surface area contributed by atoms with Gasteiger partial charge in [-0.3, -0.25) is 4.79 Å². The van der Waals surface area contributed by atoms with E-state index in [1.807, 2.05) is 80.5 Å². The summed E-state index contributed by atoms with van der Waals surface area (Å²) in [5.74, 6) is 0.207. The molecule has 0 aliphatic heterocycles. The number of rotatable bonds is 7. The van der Waals surface area contributed by atoms with E-state index in [1.165, 1.54) is 5.56 Å². The normalized spacial score (nSPS) is 10.4. The van der Waals surface area contributed by atoms with Gasteiger partial charge in [0.2, 0.25) is 5.95 Å². The largest absolute Gasteiger partial charge is 0.378 e. The van der Waals surface area contributed by atoms with Gasteiger partial charge in [-0.25, -0.2) is 9.97 Å². The summed E-state index contributed by atoms with van der Waals surface area (Å²) in [4.78, 5) is 23.3.